The molecule has 0 N–H and O–H groups in total. The van der Waals surface area contributed by atoms with Crippen molar-refractivity contribution >= 4 is 22.9 Å². The normalized spacial score (nSPS) is 18.4. The molecule has 6 nitrogen and oxygen atoms in total. The van der Waals surface area contributed by atoms with Crippen molar-refractivity contribution in [3.63, 3.8) is 0 Å². The average molecular weight is 353 g/mol. The summed E-state index contributed by atoms with van der Waals surface area (Å²) in [4.78, 5) is 17.6. The zero-order valence-corrected chi connectivity index (χ0v) is 14.4. The molecule has 2 aliphatic rings. The maximum atomic E-state index is 13.4. The predicted molar refractivity (Wildman–Crippen MR) is 96.7 cm³/mol. The van der Waals surface area contributed by atoms with Crippen molar-refractivity contribution in [3.05, 3.63) is 42.6 Å². The van der Waals surface area contributed by atoms with Crippen molar-refractivity contribution in [2.24, 2.45) is 0 Å². The van der Waals surface area contributed by atoms with Crippen LogP contribution in [0, 0.1) is 5.82 Å². The Balaban J connectivity index is 1.32. The highest BCUT2D eigenvalue weighted by molar-refractivity contribution is 5.74. The van der Waals surface area contributed by atoms with Gasteiger partial charge >= 0.3 is 0 Å². The number of aromatic nitrogens is 3. The summed E-state index contributed by atoms with van der Waals surface area (Å²) < 4.78 is 19.2. The van der Waals surface area contributed by atoms with E-state index in [0.29, 0.717) is 29.2 Å². The van der Waals surface area contributed by atoms with Crippen LogP contribution in [0.4, 0.5) is 16.2 Å². The molecule has 3 heterocycles. The molecule has 3 aromatic rings. The van der Waals surface area contributed by atoms with E-state index in [0.717, 1.165) is 31.7 Å². The van der Waals surface area contributed by atoms with Gasteiger partial charge in [0.25, 0.3) is 6.01 Å². The predicted octanol–water partition coefficient (Wildman–Crippen LogP) is 3.39. The molecular formula is C19H20FN5O. The molecule has 0 spiro atoms. The minimum absolute atomic E-state index is 0.291. The minimum Gasteiger partial charge on any atom is -0.423 e. The minimum atomic E-state index is -0.291. The van der Waals surface area contributed by atoms with E-state index in [1.807, 2.05) is 12.3 Å². The molecule has 1 aliphatic carbocycles. The Kier molecular flexibility index (Phi) is 3.72. The van der Waals surface area contributed by atoms with E-state index < -0.39 is 0 Å². The second kappa shape index (κ2) is 6.23. The summed E-state index contributed by atoms with van der Waals surface area (Å²) in [5.41, 5.74) is 1.20. The van der Waals surface area contributed by atoms with Crippen LogP contribution < -0.4 is 9.80 Å². The Morgan fingerprint density at radius 3 is 2.62 bits per heavy atom. The van der Waals surface area contributed by atoms with Crippen LogP contribution in [0.1, 0.15) is 25.7 Å². The Labute approximate surface area is 150 Å². The third-order valence-corrected chi connectivity index (χ3v) is 5.24. The first-order valence-corrected chi connectivity index (χ1v) is 9.13. The standard InChI is InChI=1S/C19H20FN5O/c20-13-1-4-17-16(11-13)23-19(26-17)24-9-6-15(7-10-24)25(14-2-3-14)18-5-8-21-12-22-18/h1,4-5,8,11-12,14-15H,2-3,6-7,9-10H2. The second-order valence-electron chi connectivity index (χ2n) is 7.03. The second-order valence-corrected chi connectivity index (χ2v) is 7.03. The van der Waals surface area contributed by atoms with Crippen molar-refractivity contribution in [3.8, 4) is 0 Å². The number of fused-ring (bicyclic) bond motifs is 1. The lowest BCUT2D eigenvalue weighted by Gasteiger charge is -2.38. The van der Waals surface area contributed by atoms with Crippen molar-refractivity contribution < 1.29 is 8.81 Å². The van der Waals surface area contributed by atoms with Gasteiger partial charge in [-0.05, 0) is 43.9 Å². The number of anilines is 2. The van der Waals surface area contributed by atoms with Gasteiger partial charge in [-0.25, -0.2) is 14.4 Å². The number of halogens is 1. The maximum absolute atomic E-state index is 13.4. The first-order valence-electron chi connectivity index (χ1n) is 9.13. The van der Waals surface area contributed by atoms with Gasteiger partial charge in [-0.15, -0.1) is 0 Å². The molecule has 2 aromatic heterocycles. The molecule has 1 saturated heterocycles. The highest BCUT2D eigenvalue weighted by Gasteiger charge is 2.36. The number of hydrogen-bond acceptors (Lipinski definition) is 6. The summed E-state index contributed by atoms with van der Waals surface area (Å²) in [5, 5.41) is 0. The van der Waals surface area contributed by atoms with Crippen LogP contribution in [0.5, 0.6) is 0 Å². The molecule has 134 valence electrons. The molecule has 2 fully saturated rings. The molecule has 1 aliphatic heterocycles. The lowest BCUT2D eigenvalue weighted by Crippen LogP contribution is -2.46. The van der Waals surface area contributed by atoms with E-state index in [1.54, 1.807) is 12.4 Å². The largest absolute Gasteiger partial charge is 0.423 e. The Hall–Kier alpha value is -2.70. The van der Waals surface area contributed by atoms with Crippen molar-refractivity contribution in [2.75, 3.05) is 22.9 Å². The molecular weight excluding hydrogens is 333 g/mol. The zero-order valence-electron chi connectivity index (χ0n) is 14.4. The topological polar surface area (TPSA) is 58.3 Å². The van der Waals surface area contributed by atoms with Crippen LogP contribution in [0.15, 0.2) is 41.2 Å². The molecule has 0 atom stereocenters. The van der Waals surface area contributed by atoms with Gasteiger partial charge in [-0.2, -0.15) is 4.98 Å². The highest BCUT2D eigenvalue weighted by Crippen LogP contribution is 2.35. The number of oxazole rings is 1. The van der Waals surface area contributed by atoms with E-state index >= 15 is 0 Å². The van der Waals surface area contributed by atoms with Gasteiger partial charge < -0.3 is 14.2 Å². The quantitative estimate of drug-likeness (QED) is 0.717. The first-order chi connectivity index (χ1) is 12.8. The lowest BCUT2D eigenvalue weighted by molar-refractivity contribution is 0.437. The van der Waals surface area contributed by atoms with Crippen molar-refractivity contribution in [2.45, 2.75) is 37.8 Å². The summed E-state index contributed by atoms with van der Waals surface area (Å²) in [7, 11) is 0. The van der Waals surface area contributed by atoms with Crippen molar-refractivity contribution in [1.82, 2.24) is 15.0 Å². The number of nitrogens with zero attached hydrogens (tertiary/aromatic N) is 5. The fourth-order valence-corrected chi connectivity index (χ4v) is 3.82. The first kappa shape index (κ1) is 15.5. The summed E-state index contributed by atoms with van der Waals surface area (Å²) in [6, 6.07) is 8.11. The molecule has 7 heteroatoms. The molecule has 0 radical (unpaired) electrons. The summed E-state index contributed by atoms with van der Waals surface area (Å²) in [6.07, 6.45) is 7.95. The Bertz CT molecular complexity index is 903. The van der Waals surface area contributed by atoms with Gasteiger partial charge in [-0.3, -0.25) is 0 Å². The van der Waals surface area contributed by atoms with Crippen LogP contribution in [0.25, 0.3) is 11.1 Å². The van der Waals surface area contributed by atoms with Gasteiger partial charge in [0.1, 0.15) is 23.5 Å². The molecule has 1 saturated carbocycles. The van der Waals surface area contributed by atoms with Gasteiger partial charge in [0.05, 0.1) is 0 Å². The third kappa shape index (κ3) is 2.87. The van der Waals surface area contributed by atoms with E-state index in [4.69, 9.17) is 4.42 Å². The van der Waals surface area contributed by atoms with E-state index in [9.17, 15) is 4.39 Å². The Morgan fingerprint density at radius 1 is 1.08 bits per heavy atom. The summed E-state index contributed by atoms with van der Waals surface area (Å²) in [5.74, 6) is 0.735. The fourth-order valence-electron chi connectivity index (χ4n) is 3.82. The zero-order chi connectivity index (χ0) is 17.5. The monoisotopic (exact) mass is 353 g/mol. The van der Waals surface area contributed by atoms with Crippen LogP contribution in [-0.2, 0) is 0 Å². The highest BCUT2D eigenvalue weighted by atomic mass is 19.1. The number of piperidine rings is 1. The molecule has 1 aromatic carbocycles. The fraction of sp³-hybridized carbons (Fsp3) is 0.421. The van der Waals surface area contributed by atoms with Gasteiger partial charge in [0.15, 0.2) is 5.58 Å². The maximum Gasteiger partial charge on any atom is 0.298 e. The van der Waals surface area contributed by atoms with Crippen LogP contribution >= 0.6 is 0 Å². The smallest absolute Gasteiger partial charge is 0.298 e. The molecule has 0 amide bonds. The SMILES string of the molecule is Fc1ccc2oc(N3CCC(N(c4ccncn4)C4CC4)CC3)nc2c1. The van der Waals surface area contributed by atoms with Crippen LogP contribution in [0.2, 0.25) is 0 Å². The molecule has 0 unspecified atom stereocenters. The summed E-state index contributed by atoms with van der Waals surface area (Å²) >= 11 is 0. The number of hydrogen-bond donors (Lipinski definition) is 0. The molecule has 5 rings (SSSR count). The van der Waals surface area contributed by atoms with Gasteiger partial charge in [0.2, 0.25) is 0 Å². The van der Waals surface area contributed by atoms with E-state index in [2.05, 4.69) is 24.8 Å². The number of rotatable bonds is 4. The number of benzene rings is 1. The molecule has 26 heavy (non-hydrogen) atoms. The van der Waals surface area contributed by atoms with Crippen molar-refractivity contribution in [1.29, 1.82) is 0 Å². The van der Waals surface area contributed by atoms with Gasteiger partial charge in [-0.1, -0.05) is 0 Å². The summed E-state index contributed by atoms with van der Waals surface area (Å²) in [6.45, 7) is 1.74. The third-order valence-electron chi connectivity index (χ3n) is 5.24. The van der Waals surface area contributed by atoms with Crippen LogP contribution in [-0.4, -0.2) is 40.1 Å². The lowest BCUT2D eigenvalue weighted by atomic mass is 10.0. The van der Waals surface area contributed by atoms with Gasteiger partial charge in [0, 0.05) is 37.4 Å². The molecule has 0 bridgehead atoms. The van der Waals surface area contributed by atoms with E-state index in [1.165, 1.54) is 25.0 Å². The Morgan fingerprint density at radius 2 is 1.88 bits per heavy atom. The van der Waals surface area contributed by atoms with E-state index in [-0.39, 0.29) is 5.82 Å². The van der Waals surface area contributed by atoms with Crippen LogP contribution in [0.3, 0.4) is 0 Å². The average Bonchev–Trinajstić information content (AvgIpc) is 3.41.